The summed E-state index contributed by atoms with van der Waals surface area (Å²) in [6, 6.07) is 1.57. The van der Waals surface area contributed by atoms with Crippen LogP contribution in [0.4, 0.5) is 5.69 Å². The average Bonchev–Trinajstić information content (AvgIpc) is 3.00. The Morgan fingerprint density at radius 2 is 2.05 bits per heavy atom. The van der Waals surface area contributed by atoms with Crippen LogP contribution < -0.4 is 19.9 Å². The number of esters is 1. The van der Waals surface area contributed by atoms with Gasteiger partial charge in [-0.05, 0) is 0 Å². The molecule has 0 amide bonds. The highest BCUT2D eigenvalue weighted by atomic mass is 16.6. The van der Waals surface area contributed by atoms with E-state index >= 15 is 0 Å². The molecule has 3 rings (SSSR count). The molecule has 0 aromatic heterocycles. The van der Waals surface area contributed by atoms with Gasteiger partial charge in [0, 0.05) is 12.5 Å². The minimum Gasteiger partial charge on any atom is -0.485 e. The number of fused-ring (bicyclic) bond motifs is 1. The quantitative estimate of drug-likeness (QED) is 0.657. The first-order valence-corrected chi connectivity index (χ1v) is 6.75. The second-order valence-corrected chi connectivity index (χ2v) is 4.79. The third-order valence-corrected chi connectivity index (χ3v) is 3.38. The van der Waals surface area contributed by atoms with Crippen LogP contribution in [0, 0.1) is 0 Å². The zero-order valence-electron chi connectivity index (χ0n) is 11.7. The molecule has 0 radical (unpaired) electrons. The van der Waals surface area contributed by atoms with Crippen LogP contribution in [0.1, 0.15) is 16.8 Å². The van der Waals surface area contributed by atoms with E-state index in [-0.39, 0.29) is 23.1 Å². The van der Waals surface area contributed by atoms with Gasteiger partial charge in [-0.3, -0.25) is 0 Å². The monoisotopic (exact) mass is 295 g/mol. The Morgan fingerprint density at radius 3 is 2.71 bits per heavy atom. The van der Waals surface area contributed by atoms with Gasteiger partial charge in [0.25, 0.3) is 0 Å². The molecule has 7 nitrogen and oxygen atoms in total. The van der Waals surface area contributed by atoms with Gasteiger partial charge in [0.1, 0.15) is 24.9 Å². The summed E-state index contributed by atoms with van der Waals surface area (Å²) in [5, 5.41) is 0. The van der Waals surface area contributed by atoms with Gasteiger partial charge in [-0.25, -0.2) is 4.79 Å². The summed E-state index contributed by atoms with van der Waals surface area (Å²) in [5.74, 6) is 0.570. The SMILES string of the molecule is COC(=O)c1c(N)cc(OC2CCOC2)c2c1OCCO2. The van der Waals surface area contributed by atoms with Crippen LogP contribution in [-0.4, -0.2) is 45.6 Å². The van der Waals surface area contributed by atoms with Crippen LogP contribution in [0.3, 0.4) is 0 Å². The minimum absolute atomic E-state index is 0.0528. The van der Waals surface area contributed by atoms with Crippen molar-refractivity contribution >= 4 is 11.7 Å². The lowest BCUT2D eigenvalue weighted by molar-refractivity contribution is 0.0590. The van der Waals surface area contributed by atoms with Crippen LogP contribution in [0.25, 0.3) is 0 Å². The van der Waals surface area contributed by atoms with E-state index in [2.05, 4.69) is 0 Å². The highest BCUT2D eigenvalue weighted by Crippen LogP contribution is 2.45. The molecule has 114 valence electrons. The maximum Gasteiger partial charge on any atom is 0.343 e. The summed E-state index contributed by atoms with van der Waals surface area (Å²) < 4.78 is 27.0. The molecule has 1 fully saturated rings. The second-order valence-electron chi connectivity index (χ2n) is 4.79. The summed E-state index contributed by atoms with van der Waals surface area (Å²) in [7, 11) is 1.29. The first-order chi connectivity index (χ1) is 10.2. The summed E-state index contributed by atoms with van der Waals surface area (Å²) in [6.45, 7) is 1.91. The van der Waals surface area contributed by atoms with Crippen molar-refractivity contribution in [2.75, 3.05) is 39.3 Å². The molecule has 0 aliphatic carbocycles. The van der Waals surface area contributed by atoms with Gasteiger partial charge in [-0.2, -0.15) is 0 Å². The van der Waals surface area contributed by atoms with Gasteiger partial charge in [0.2, 0.25) is 5.75 Å². The van der Waals surface area contributed by atoms with Gasteiger partial charge in [-0.15, -0.1) is 0 Å². The maximum atomic E-state index is 11.9. The highest BCUT2D eigenvalue weighted by molar-refractivity contribution is 6.00. The zero-order valence-corrected chi connectivity index (χ0v) is 11.7. The summed E-state index contributed by atoms with van der Waals surface area (Å²) >= 11 is 0. The van der Waals surface area contributed by atoms with E-state index in [9.17, 15) is 4.79 Å². The van der Waals surface area contributed by atoms with Crippen LogP contribution in [0.15, 0.2) is 6.07 Å². The molecular weight excluding hydrogens is 278 g/mol. The van der Waals surface area contributed by atoms with E-state index in [0.29, 0.717) is 37.9 Å². The van der Waals surface area contributed by atoms with Gasteiger partial charge in [-0.1, -0.05) is 0 Å². The lowest BCUT2D eigenvalue weighted by Gasteiger charge is -2.25. The normalized spacial score (nSPS) is 20.1. The first-order valence-electron chi connectivity index (χ1n) is 6.75. The smallest absolute Gasteiger partial charge is 0.343 e. The van der Waals surface area contributed by atoms with Crippen LogP contribution in [-0.2, 0) is 9.47 Å². The van der Waals surface area contributed by atoms with Crippen molar-refractivity contribution in [2.45, 2.75) is 12.5 Å². The van der Waals surface area contributed by atoms with E-state index in [1.165, 1.54) is 7.11 Å². The fourth-order valence-corrected chi connectivity index (χ4v) is 2.38. The molecule has 2 aliphatic heterocycles. The summed E-state index contributed by atoms with van der Waals surface area (Å²) in [5.41, 5.74) is 6.35. The first kappa shape index (κ1) is 13.8. The van der Waals surface area contributed by atoms with Crippen molar-refractivity contribution in [2.24, 2.45) is 0 Å². The standard InChI is InChI=1S/C14H17NO6/c1-17-14(16)11-9(15)6-10(21-8-2-3-18-7-8)12-13(11)20-5-4-19-12/h6,8H,2-5,7,15H2,1H3. The number of rotatable bonds is 3. The molecule has 0 saturated carbocycles. The molecular formula is C14H17NO6. The van der Waals surface area contributed by atoms with Crippen molar-refractivity contribution in [3.63, 3.8) is 0 Å². The van der Waals surface area contributed by atoms with Gasteiger partial charge < -0.3 is 29.4 Å². The number of nitrogen functional groups attached to an aromatic ring is 1. The number of hydrogen-bond donors (Lipinski definition) is 1. The fourth-order valence-electron chi connectivity index (χ4n) is 2.38. The third-order valence-electron chi connectivity index (χ3n) is 3.38. The summed E-state index contributed by atoms with van der Waals surface area (Å²) in [6.07, 6.45) is 0.747. The van der Waals surface area contributed by atoms with E-state index in [0.717, 1.165) is 6.42 Å². The molecule has 2 aliphatic rings. The van der Waals surface area contributed by atoms with E-state index in [1.807, 2.05) is 0 Å². The number of hydrogen-bond acceptors (Lipinski definition) is 7. The largest absolute Gasteiger partial charge is 0.485 e. The number of ether oxygens (including phenoxy) is 5. The average molecular weight is 295 g/mol. The lowest BCUT2D eigenvalue weighted by Crippen LogP contribution is -2.22. The molecule has 1 aromatic rings. The van der Waals surface area contributed by atoms with E-state index in [4.69, 9.17) is 29.4 Å². The Labute approximate surface area is 121 Å². The predicted octanol–water partition coefficient (Wildman–Crippen LogP) is 0.994. The lowest BCUT2D eigenvalue weighted by atomic mass is 10.1. The summed E-state index contributed by atoms with van der Waals surface area (Å²) in [4.78, 5) is 11.9. The second kappa shape index (κ2) is 5.69. The van der Waals surface area contributed by atoms with Crippen molar-refractivity contribution in [3.05, 3.63) is 11.6 Å². The Morgan fingerprint density at radius 1 is 1.29 bits per heavy atom. The van der Waals surface area contributed by atoms with Gasteiger partial charge in [0.05, 0.1) is 26.0 Å². The molecule has 0 spiro atoms. The zero-order chi connectivity index (χ0) is 14.8. The van der Waals surface area contributed by atoms with Gasteiger partial charge >= 0.3 is 5.97 Å². The predicted molar refractivity (Wildman–Crippen MR) is 73.0 cm³/mol. The number of benzene rings is 1. The Kier molecular flexibility index (Phi) is 3.74. The van der Waals surface area contributed by atoms with Crippen molar-refractivity contribution in [1.82, 2.24) is 0 Å². The molecule has 0 bridgehead atoms. The molecule has 1 atom stereocenters. The molecule has 1 unspecified atom stereocenters. The molecule has 21 heavy (non-hydrogen) atoms. The van der Waals surface area contributed by atoms with E-state index in [1.54, 1.807) is 6.07 Å². The molecule has 2 N–H and O–H groups in total. The fraction of sp³-hybridized carbons (Fsp3) is 0.500. The van der Waals surface area contributed by atoms with Crippen molar-refractivity contribution in [1.29, 1.82) is 0 Å². The van der Waals surface area contributed by atoms with Gasteiger partial charge in [0.15, 0.2) is 11.5 Å². The Bertz CT molecular complexity index is 553. The Balaban J connectivity index is 2.01. The van der Waals surface area contributed by atoms with E-state index < -0.39 is 5.97 Å². The Hall–Kier alpha value is -2.15. The molecule has 7 heteroatoms. The topological polar surface area (TPSA) is 89.2 Å². The number of anilines is 1. The molecule has 2 heterocycles. The van der Waals surface area contributed by atoms with Crippen molar-refractivity contribution in [3.8, 4) is 17.2 Å². The number of nitrogens with two attached hydrogens (primary N) is 1. The van der Waals surface area contributed by atoms with Crippen LogP contribution >= 0.6 is 0 Å². The third kappa shape index (κ3) is 2.56. The number of methoxy groups -OCH3 is 1. The van der Waals surface area contributed by atoms with Crippen molar-refractivity contribution < 1.29 is 28.5 Å². The maximum absolute atomic E-state index is 11.9. The molecule has 1 aromatic carbocycles. The van der Waals surface area contributed by atoms with Crippen LogP contribution in [0.2, 0.25) is 0 Å². The number of carbonyl (C=O) groups excluding carboxylic acids is 1. The van der Waals surface area contributed by atoms with Crippen LogP contribution in [0.5, 0.6) is 17.2 Å². The minimum atomic E-state index is -0.565. The molecule has 1 saturated heterocycles. The number of carbonyl (C=O) groups is 1. The highest BCUT2D eigenvalue weighted by Gasteiger charge is 2.30.